The van der Waals surface area contributed by atoms with Gasteiger partial charge in [0.25, 0.3) is 0 Å². The Hall–Kier alpha value is -0.870. The minimum Gasteiger partial charge on any atom is -0.349 e. The first kappa shape index (κ1) is 13.6. The summed E-state index contributed by atoms with van der Waals surface area (Å²) in [5, 5.41) is 8.51. The van der Waals surface area contributed by atoms with Crippen LogP contribution in [0.3, 0.4) is 0 Å². The zero-order valence-corrected chi connectivity index (χ0v) is 11.8. The van der Waals surface area contributed by atoms with Gasteiger partial charge in [-0.05, 0) is 56.6 Å². The topological polar surface area (TPSA) is 41.1 Å². The molecule has 0 spiro atoms. The summed E-state index contributed by atoms with van der Waals surface area (Å²) in [4.78, 5) is 13.1. The Morgan fingerprint density at radius 2 is 2.56 bits per heavy atom. The van der Waals surface area contributed by atoms with Crippen molar-refractivity contribution < 1.29 is 4.79 Å². The quantitative estimate of drug-likeness (QED) is 0.860. The first-order valence-corrected chi connectivity index (χ1v) is 7.67. The average Bonchev–Trinajstić information content (AvgIpc) is 2.91. The Balaban J connectivity index is 1.68. The van der Waals surface area contributed by atoms with Gasteiger partial charge < -0.3 is 10.6 Å². The van der Waals surface area contributed by atoms with Gasteiger partial charge in [0.1, 0.15) is 0 Å². The third-order valence-corrected chi connectivity index (χ3v) is 4.58. The summed E-state index contributed by atoms with van der Waals surface area (Å²) in [6.45, 7) is 4.26. The number of carbonyl (C=O) groups is 1. The molecule has 1 aromatic heterocycles. The van der Waals surface area contributed by atoms with Gasteiger partial charge in [0, 0.05) is 11.3 Å². The van der Waals surface area contributed by atoms with Gasteiger partial charge in [-0.1, -0.05) is 6.07 Å². The minimum atomic E-state index is 0.141. The molecule has 100 valence electrons. The van der Waals surface area contributed by atoms with Crippen LogP contribution in [0, 0.1) is 5.92 Å². The molecule has 2 heterocycles. The van der Waals surface area contributed by atoms with Crippen LogP contribution in [0.15, 0.2) is 17.5 Å². The molecule has 1 unspecified atom stereocenters. The van der Waals surface area contributed by atoms with E-state index < -0.39 is 0 Å². The minimum absolute atomic E-state index is 0.141. The van der Waals surface area contributed by atoms with Crippen LogP contribution >= 0.6 is 11.3 Å². The molecule has 1 amide bonds. The van der Waals surface area contributed by atoms with Gasteiger partial charge in [0.15, 0.2) is 0 Å². The average molecular weight is 266 g/mol. The summed E-state index contributed by atoms with van der Waals surface area (Å²) >= 11 is 1.69. The van der Waals surface area contributed by atoms with Gasteiger partial charge in [-0.2, -0.15) is 0 Å². The molecule has 0 bridgehead atoms. The molecule has 3 nitrogen and oxygen atoms in total. The molecule has 0 saturated carbocycles. The van der Waals surface area contributed by atoms with Crippen molar-refractivity contribution in [1.82, 2.24) is 10.6 Å². The zero-order chi connectivity index (χ0) is 12.8. The monoisotopic (exact) mass is 266 g/mol. The lowest BCUT2D eigenvalue weighted by molar-refractivity contribution is -0.122. The number of piperidine rings is 1. The molecule has 4 heteroatoms. The molecule has 1 saturated heterocycles. The molecular weight excluding hydrogens is 244 g/mol. The molecule has 1 aromatic rings. The molecule has 2 rings (SSSR count). The maximum atomic E-state index is 11.9. The van der Waals surface area contributed by atoms with Crippen LogP contribution in [-0.4, -0.2) is 19.0 Å². The molecule has 1 aliphatic rings. The lowest BCUT2D eigenvalue weighted by Gasteiger charge is -2.22. The highest BCUT2D eigenvalue weighted by molar-refractivity contribution is 7.10. The zero-order valence-electron chi connectivity index (χ0n) is 10.9. The third-order valence-electron chi connectivity index (χ3n) is 3.53. The third kappa shape index (κ3) is 4.10. The Labute approximate surface area is 113 Å². The van der Waals surface area contributed by atoms with Gasteiger partial charge >= 0.3 is 0 Å². The predicted octanol–water partition coefficient (Wildman–Crippen LogP) is 2.71. The number of hydrogen-bond donors (Lipinski definition) is 2. The van der Waals surface area contributed by atoms with E-state index in [-0.39, 0.29) is 11.9 Å². The summed E-state index contributed by atoms with van der Waals surface area (Å²) in [5.41, 5.74) is 0. The van der Waals surface area contributed by atoms with Gasteiger partial charge in [-0.3, -0.25) is 4.79 Å². The van der Waals surface area contributed by atoms with E-state index in [9.17, 15) is 4.79 Å². The fourth-order valence-electron chi connectivity index (χ4n) is 2.43. The Morgan fingerprint density at radius 1 is 1.67 bits per heavy atom. The summed E-state index contributed by atoms with van der Waals surface area (Å²) in [7, 11) is 0. The maximum absolute atomic E-state index is 11.9. The second kappa shape index (κ2) is 6.90. The molecule has 0 aliphatic carbocycles. The summed E-state index contributed by atoms with van der Waals surface area (Å²) in [6.07, 6.45) is 4.18. The van der Waals surface area contributed by atoms with Crippen LogP contribution in [0.2, 0.25) is 0 Å². The molecule has 2 N–H and O–H groups in total. The second-order valence-electron chi connectivity index (χ2n) is 5.06. The molecule has 0 aromatic carbocycles. The first-order chi connectivity index (χ1) is 8.75. The van der Waals surface area contributed by atoms with E-state index in [1.165, 1.54) is 17.7 Å². The van der Waals surface area contributed by atoms with E-state index in [1.54, 1.807) is 11.3 Å². The molecular formula is C14H22N2OS. The van der Waals surface area contributed by atoms with Crippen LogP contribution in [0.25, 0.3) is 0 Å². The van der Waals surface area contributed by atoms with E-state index in [0.717, 1.165) is 19.5 Å². The lowest BCUT2D eigenvalue weighted by atomic mass is 9.94. The highest BCUT2D eigenvalue weighted by Crippen LogP contribution is 2.19. The number of rotatable bonds is 5. The fourth-order valence-corrected chi connectivity index (χ4v) is 3.16. The van der Waals surface area contributed by atoms with Crippen LogP contribution in [-0.2, 0) is 4.79 Å². The van der Waals surface area contributed by atoms with Crippen LogP contribution in [0.1, 0.15) is 43.5 Å². The van der Waals surface area contributed by atoms with Crippen LogP contribution in [0.4, 0.5) is 0 Å². The van der Waals surface area contributed by atoms with Crippen molar-refractivity contribution in [3.8, 4) is 0 Å². The van der Waals surface area contributed by atoms with Crippen LogP contribution in [0.5, 0.6) is 0 Å². The van der Waals surface area contributed by atoms with Crippen molar-refractivity contribution in [3.63, 3.8) is 0 Å². The number of hydrogen-bond acceptors (Lipinski definition) is 3. The van der Waals surface area contributed by atoms with Gasteiger partial charge in [-0.15, -0.1) is 11.3 Å². The molecule has 2 atom stereocenters. The largest absolute Gasteiger partial charge is 0.349 e. The Bertz CT molecular complexity index is 358. The Kier molecular flexibility index (Phi) is 5.20. The lowest BCUT2D eigenvalue weighted by Crippen LogP contribution is -2.31. The number of carbonyl (C=O) groups excluding carboxylic acids is 1. The highest BCUT2D eigenvalue weighted by Gasteiger charge is 2.15. The van der Waals surface area contributed by atoms with E-state index in [2.05, 4.69) is 16.7 Å². The normalized spacial score (nSPS) is 21.5. The van der Waals surface area contributed by atoms with E-state index in [1.807, 2.05) is 18.4 Å². The molecule has 0 radical (unpaired) electrons. The van der Waals surface area contributed by atoms with Crippen LogP contribution < -0.4 is 10.6 Å². The van der Waals surface area contributed by atoms with Crippen molar-refractivity contribution in [2.75, 3.05) is 13.1 Å². The van der Waals surface area contributed by atoms with Gasteiger partial charge in [-0.25, -0.2) is 0 Å². The highest BCUT2D eigenvalue weighted by atomic mass is 32.1. The molecule has 1 aliphatic heterocycles. The molecule has 1 fully saturated rings. The smallest absolute Gasteiger partial charge is 0.220 e. The summed E-state index contributed by atoms with van der Waals surface area (Å²) in [5.74, 6) is 0.864. The predicted molar refractivity (Wildman–Crippen MR) is 75.7 cm³/mol. The van der Waals surface area contributed by atoms with Crippen molar-refractivity contribution in [2.45, 2.75) is 38.6 Å². The van der Waals surface area contributed by atoms with E-state index in [4.69, 9.17) is 0 Å². The number of amides is 1. The van der Waals surface area contributed by atoms with E-state index in [0.29, 0.717) is 12.3 Å². The first-order valence-electron chi connectivity index (χ1n) is 6.79. The second-order valence-corrected chi connectivity index (χ2v) is 6.03. The van der Waals surface area contributed by atoms with Gasteiger partial charge in [0.05, 0.1) is 6.04 Å². The number of nitrogens with one attached hydrogen (secondary N) is 2. The van der Waals surface area contributed by atoms with Crippen molar-refractivity contribution >= 4 is 17.2 Å². The van der Waals surface area contributed by atoms with E-state index >= 15 is 0 Å². The number of thiophene rings is 1. The molecule has 18 heavy (non-hydrogen) atoms. The maximum Gasteiger partial charge on any atom is 0.220 e. The fraction of sp³-hybridized carbons (Fsp3) is 0.643. The SMILES string of the molecule is C[C@@H](NC(=O)CCC1CCCNC1)c1cccs1. The summed E-state index contributed by atoms with van der Waals surface area (Å²) < 4.78 is 0. The van der Waals surface area contributed by atoms with Crippen molar-refractivity contribution in [1.29, 1.82) is 0 Å². The van der Waals surface area contributed by atoms with Crippen molar-refractivity contribution in [2.24, 2.45) is 5.92 Å². The van der Waals surface area contributed by atoms with Crippen molar-refractivity contribution in [3.05, 3.63) is 22.4 Å². The Morgan fingerprint density at radius 3 is 3.22 bits per heavy atom. The van der Waals surface area contributed by atoms with Gasteiger partial charge in [0.2, 0.25) is 5.91 Å². The standard InChI is InChI=1S/C14H22N2OS/c1-11(13-5-3-9-18-13)16-14(17)7-6-12-4-2-8-15-10-12/h3,5,9,11-12,15H,2,4,6-8,10H2,1H3,(H,16,17)/t11-,12?/m1/s1. The summed E-state index contributed by atoms with van der Waals surface area (Å²) in [6, 6.07) is 4.23.